The van der Waals surface area contributed by atoms with Crippen LogP contribution in [0.5, 0.6) is 0 Å². The minimum atomic E-state index is -0.387. The molecule has 6 nitrogen and oxygen atoms in total. The topological polar surface area (TPSA) is 80.9 Å². The largest absolute Gasteiger partial charge is 0.361 e. The summed E-state index contributed by atoms with van der Waals surface area (Å²) in [6, 6.07) is 1.36. The molecule has 0 saturated carbocycles. The number of aryl methyl sites for hydroxylation is 2. The van der Waals surface area contributed by atoms with E-state index in [1.807, 2.05) is 0 Å². The van der Waals surface area contributed by atoms with Crippen LogP contribution in [-0.2, 0) is 6.54 Å². The molecule has 2 aromatic heterocycles. The molecule has 0 aromatic carbocycles. The summed E-state index contributed by atoms with van der Waals surface area (Å²) in [5.41, 5.74) is 1.74. The van der Waals surface area contributed by atoms with Crippen LogP contribution in [0.25, 0.3) is 0 Å². The molecule has 0 radical (unpaired) electrons. The van der Waals surface area contributed by atoms with Crippen molar-refractivity contribution >= 4 is 29.1 Å². The molecule has 100 valence electrons. The van der Waals surface area contributed by atoms with E-state index in [0.717, 1.165) is 11.3 Å². The van der Waals surface area contributed by atoms with Gasteiger partial charge in [0.2, 0.25) is 0 Å². The SMILES string of the molecule is Cc1noc(C)c1CNC(=O)c1cc(Cl)nnc1Cl. The summed E-state index contributed by atoms with van der Waals surface area (Å²) < 4.78 is 5.01. The van der Waals surface area contributed by atoms with Crippen LogP contribution in [0.4, 0.5) is 0 Å². The van der Waals surface area contributed by atoms with Gasteiger partial charge in [0, 0.05) is 12.1 Å². The molecule has 1 N–H and O–H groups in total. The van der Waals surface area contributed by atoms with Gasteiger partial charge in [0.1, 0.15) is 5.76 Å². The smallest absolute Gasteiger partial charge is 0.254 e. The quantitative estimate of drug-likeness (QED) is 0.941. The number of rotatable bonds is 3. The van der Waals surface area contributed by atoms with E-state index in [1.165, 1.54) is 6.07 Å². The Balaban J connectivity index is 2.12. The van der Waals surface area contributed by atoms with Gasteiger partial charge in [0.05, 0.1) is 11.3 Å². The lowest BCUT2D eigenvalue weighted by Gasteiger charge is -2.05. The van der Waals surface area contributed by atoms with Crippen LogP contribution in [0.15, 0.2) is 10.6 Å². The first kappa shape index (κ1) is 13.8. The van der Waals surface area contributed by atoms with Gasteiger partial charge in [0.15, 0.2) is 10.3 Å². The van der Waals surface area contributed by atoms with Crippen LogP contribution in [-0.4, -0.2) is 21.3 Å². The average molecular weight is 301 g/mol. The molecule has 0 aliphatic heterocycles. The van der Waals surface area contributed by atoms with Crippen molar-refractivity contribution < 1.29 is 9.32 Å². The molecule has 0 bridgehead atoms. The van der Waals surface area contributed by atoms with Gasteiger partial charge in [0.25, 0.3) is 5.91 Å². The van der Waals surface area contributed by atoms with Gasteiger partial charge in [-0.05, 0) is 19.9 Å². The fraction of sp³-hybridized carbons (Fsp3) is 0.273. The second kappa shape index (κ2) is 5.54. The Morgan fingerprint density at radius 2 is 2.11 bits per heavy atom. The third kappa shape index (κ3) is 3.02. The number of nitrogens with zero attached hydrogens (tertiary/aromatic N) is 3. The summed E-state index contributed by atoms with van der Waals surface area (Å²) in [6.07, 6.45) is 0. The van der Waals surface area contributed by atoms with E-state index in [2.05, 4.69) is 20.7 Å². The van der Waals surface area contributed by atoms with Gasteiger partial charge in [-0.3, -0.25) is 4.79 Å². The van der Waals surface area contributed by atoms with Crippen molar-refractivity contribution in [2.45, 2.75) is 20.4 Å². The highest BCUT2D eigenvalue weighted by Crippen LogP contribution is 2.16. The minimum absolute atomic E-state index is 0.000613. The number of carbonyl (C=O) groups is 1. The number of halogens is 2. The molecule has 0 spiro atoms. The predicted octanol–water partition coefficient (Wildman–Crippen LogP) is 2.32. The van der Waals surface area contributed by atoms with Gasteiger partial charge in [-0.2, -0.15) is 0 Å². The maximum absolute atomic E-state index is 12.0. The molecule has 0 unspecified atom stereocenters. The van der Waals surface area contributed by atoms with Gasteiger partial charge in [-0.25, -0.2) is 0 Å². The Bertz CT molecular complexity index is 608. The van der Waals surface area contributed by atoms with Gasteiger partial charge < -0.3 is 9.84 Å². The molecule has 2 aromatic rings. The Morgan fingerprint density at radius 1 is 1.37 bits per heavy atom. The number of nitrogens with one attached hydrogen (secondary N) is 1. The fourth-order valence-corrected chi connectivity index (χ4v) is 1.86. The van der Waals surface area contributed by atoms with Crippen molar-refractivity contribution in [3.8, 4) is 0 Å². The second-order valence-corrected chi connectivity index (χ2v) is 4.60. The van der Waals surface area contributed by atoms with Crippen LogP contribution in [0.1, 0.15) is 27.4 Å². The Labute approximate surface area is 119 Å². The zero-order valence-electron chi connectivity index (χ0n) is 10.2. The summed E-state index contributed by atoms with van der Waals surface area (Å²) in [5.74, 6) is 0.275. The molecule has 2 heterocycles. The van der Waals surface area contributed by atoms with Crippen LogP contribution in [0, 0.1) is 13.8 Å². The van der Waals surface area contributed by atoms with Crippen LogP contribution in [0.3, 0.4) is 0 Å². The normalized spacial score (nSPS) is 10.5. The maximum atomic E-state index is 12.0. The van der Waals surface area contributed by atoms with Gasteiger partial charge in [-0.1, -0.05) is 28.4 Å². The molecule has 0 atom stereocenters. The number of amides is 1. The zero-order valence-corrected chi connectivity index (χ0v) is 11.7. The summed E-state index contributed by atoms with van der Waals surface area (Å²) in [5, 5.41) is 13.7. The van der Waals surface area contributed by atoms with E-state index < -0.39 is 0 Å². The van der Waals surface area contributed by atoms with Gasteiger partial charge in [-0.15, -0.1) is 10.2 Å². The minimum Gasteiger partial charge on any atom is -0.361 e. The number of carbonyl (C=O) groups excluding carboxylic acids is 1. The summed E-state index contributed by atoms with van der Waals surface area (Å²) in [7, 11) is 0. The molecule has 0 aliphatic carbocycles. The lowest BCUT2D eigenvalue weighted by atomic mass is 10.2. The predicted molar refractivity (Wildman–Crippen MR) is 69.2 cm³/mol. The van der Waals surface area contributed by atoms with E-state index in [-0.39, 0.29) is 28.3 Å². The van der Waals surface area contributed by atoms with E-state index in [1.54, 1.807) is 13.8 Å². The van der Waals surface area contributed by atoms with E-state index in [0.29, 0.717) is 5.76 Å². The maximum Gasteiger partial charge on any atom is 0.254 e. The molecular weight excluding hydrogens is 291 g/mol. The molecule has 1 amide bonds. The first-order chi connectivity index (χ1) is 8.99. The number of hydrogen-bond acceptors (Lipinski definition) is 5. The fourth-order valence-electron chi connectivity index (χ4n) is 1.53. The highest BCUT2D eigenvalue weighted by molar-refractivity contribution is 6.34. The van der Waals surface area contributed by atoms with Crippen molar-refractivity contribution in [3.63, 3.8) is 0 Å². The van der Waals surface area contributed by atoms with Gasteiger partial charge >= 0.3 is 0 Å². The van der Waals surface area contributed by atoms with E-state index in [4.69, 9.17) is 27.7 Å². The first-order valence-corrected chi connectivity index (χ1v) is 6.13. The third-order valence-electron chi connectivity index (χ3n) is 2.57. The van der Waals surface area contributed by atoms with E-state index >= 15 is 0 Å². The zero-order chi connectivity index (χ0) is 14.0. The molecule has 0 fully saturated rings. The van der Waals surface area contributed by atoms with Crippen molar-refractivity contribution in [1.82, 2.24) is 20.7 Å². The first-order valence-electron chi connectivity index (χ1n) is 5.37. The van der Waals surface area contributed by atoms with Crippen LogP contribution < -0.4 is 5.32 Å². The number of hydrogen-bond donors (Lipinski definition) is 1. The summed E-state index contributed by atoms with van der Waals surface area (Å²) in [4.78, 5) is 12.0. The molecule has 8 heteroatoms. The van der Waals surface area contributed by atoms with E-state index in [9.17, 15) is 4.79 Å². The van der Waals surface area contributed by atoms with Crippen molar-refractivity contribution in [2.75, 3.05) is 0 Å². The molecule has 0 aliphatic rings. The highest BCUT2D eigenvalue weighted by Gasteiger charge is 2.15. The molecular formula is C11H10Cl2N4O2. The summed E-state index contributed by atoms with van der Waals surface area (Å²) in [6.45, 7) is 3.87. The van der Waals surface area contributed by atoms with Crippen LogP contribution in [0.2, 0.25) is 10.3 Å². The number of aromatic nitrogens is 3. The third-order valence-corrected chi connectivity index (χ3v) is 3.03. The average Bonchev–Trinajstić information content (AvgIpc) is 2.69. The second-order valence-electron chi connectivity index (χ2n) is 3.86. The van der Waals surface area contributed by atoms with Crippen molar-refractivity contribution in [3.05, 3.63) is 39.0 Å². The Hall–Kier alpha value is -1.66. The molecule has 19 heavy (non-hydrogen) atoms. The molecule has 0 saturated heterocycles. The monoisotopic (exact) mass is 300 g/mol. The Kier molecular flexibility index (Phi) is 4.01. The van der Waals surface area contributed by atoms with Crippen LogP contribution >= 0.6 is 23.2 Å². The van der Waals surface area contributed by atoms with Crippen molar-refractivity contribution in [1.29, 1.82) is 0 Å². The lowest BCUT2D eigenvalue weighted by Crippen LogP contribution is -2.24. The lowest BCUT2D eigenvalue weighted by molar-refractivity contribution is 0.0950. The summed E-state index contributed by atoms with van der Waals surface area (Å²) >= 11 is 11.5. The highest BCUT2D eigenvalue weighted by atomic mass is 35.5. The molecule has 2 rings (SSSR count). The standard InChI is InChI=1S/C11H10Cl2N4O2/c1-5-8(6(2)19-17-5)4-14-11(18)7-3-9(12)15-16-10(7)13/h3H,4H2,1-2H3,(H,14,18). The Morgan fingerprint density at radius 3 is 2.74 bits per heavy atom. The van der Waals surface area contributed by atoms with Crippen molar-refractivity contribution in [2.24, 2.45) is 0 Å².